The molecular formula is C20H34O6. The standard InChI is InChI=1S/C20H34O6/c1-2-3-4-5-6-7-9-15(21)12-13-16(22)19-14-17(23)18(26-19)10-8-11-20(24)25/h6-7,12-13,15-19,21-23H,2-5,8-11,14H2,1H3,(H,24,25)/b7-6-,13-12-/t15-,16-,17-,18-,19+/m0/s1. The van der Waals surface area contributed by atoms with Gasteiger partial charge in [0.05, 0.1) is 30.5 Å². The molecule has 1 rings (SSSR count). The summed E-state index contributed by atoms with van der Waals surface area (Å²) in [4.78, 5) is 10.5. The first-order valence-corrected chi connectivity index (χ1v) is 9.68. The van der Waals surface area contributed by atoms with E-state index in [2.05, 4.69) is 13.0 Å². The molecule has 0 bridgehead atoms. The molecule has 0 saturated carbocycles. The fourth-order valence-electron chi connectivity index (χ4n) is 3.01. The molecule has 0 aromatic carbocycles. The maximum Gasteiger partial charge on any atom is 0.303 e. The molecule has 1 fully saturated rings. The summed E-state index contributed by atoms with van der Waals surface area (Å²) in [5.74, 6) is -0.870. The molecule has 6 heteroatoms. The second kappa shape index (κ2) is 13.0. The maximum atomic E-state index is 10.5. The summed E-state index contributed by atoms with van der Waals surface area (Å²) in [6.45, 7) is 2.16. The highest BCUT2D eigenvalue weighted by atomic mass is 16.5. The van der Waals surface area contributed by atoms with Gasteiger partial charge in [0.25, 0.3) is 0 Å². The lowest BCUT2D eigenvalue weighted by atomic mass is 10.0. The van der Waals surface area contributed by atoms with Crippen molar-refractivity contribution < 1.29 is 30.0 Å². The van der Waals surface area contributed by atoms with Crippen molar-refractivity contribution in [1.29, 1.82) is 0 Å². The second-order valence-corrected chi connectivity index (χ2v) is 6.95. The van der Waals surface area contributed by atoms with E-state index in [1.165, 1.54) is 18.9 Å². The number of ether oxygens (including phenoxy) is 1. The number of hydrogen-bond donors (Lipinski definition) is 4. The minimum Gasteiger partial charge on any atom is -0.481 e. The van der Waals surface area contributed by atoms with Crippen molar-refractivity contribution in [3.05, 3.63) is 24.3 Å². The van der Waals surface area contributed by atoms with Gasteiger partial charge < -0.3 is 25.2 Å². The van der Waals surface area contributed by atoms with Crippen molar-refractivity contribution >= 4 is 5.97 Å². The lowest BCUT2D eigenvalue weighted by Crippen LogP contribution is -2.25. The Morgan fingerprint density at radius 2 is 1.96 bits per heavy atom. The van der Waals surface area contributed by atoms with Crippen molar-refractivity contribution in [3.63, 3.8) is 0 Å². The predicted molar refractivity (Wildman–Crippen MR) is 99.8 cm³/mol. The largest absolute Gasteiger partial charge is 0.481 e. The molecule has 150 valence electrons. The van der Waals surface area contributed by atoms with Crippen LogP contribution in [0, 0.1) is 0 Å². The van der Waals surface area contributed by atoms with Crippen LogP contribution in [0.2, 0.25) is 0 Å². The molecule has 5 atom stereocenters. The normalized spacial score (nSPS) is 25.9. The Labute approximate surface area is 156 Å². The third-order valence-electron chi connectivity index (χ3n) is 4.56. The molecule has 0 aromatic heterocycles. The number of hydrogen-bond acceptors (Lipinski definition) is 5. The zero-order valence-electron chi connectivity index (χ0n) is 15.7. The lowest BCUT2D eigenvalue weighted by molar-refractivity contribution is -0.137. The fraction of sp³-hybridized carbons (Fsp3) is 0.750. The van der Waals surface area contributed by atoms with Crippen LogP contribution in [-0.4, -0.2) is 56.9 Å². The minimum absolute atomic E-state index is 0.0395. The van der Waals surface area contributed by atoms with Crippen LogP contribution >= 0.6 is 0 Å². The van der Waals surface area contributed by atoms with Crippen LogP contribution in [0.4, 0.5) is 0 Å². The molecule has 26 heavy (non-hydrogen) atoms. The van der Waals surface area contributed by atoms with Crippen LogP contribution in [0.1, 0.15) is 64.7 Å². The van der Waals surface area contributed by atoms with Gasteiger partial charge in [-0.1, -0.05) is 44.1 Å². The summed E-state index contributed by atoms with van der Waals surface area (Å²) in [5, 5.41) is 38.7. The molecule has 0 amide bonds. The summed E-state index contributed by atoms with van der Waals surface area (Å²) in [6.07, 6.45) is 10.1. The number of aliphatic carboxylic acids is 1. The summed E-state index contributed by atoms with van der Waals surface area (Å²) in [7, 11) is 0. The van der Waals surface area contributed by atoms with E-state index in [1.54, 1.807) is 6.08 Å². The van der Waals surface area contributed by atoms with Crippen LogP contribution in [0.15, 0.2) is 24.3 Å². The van der Waals surface area contributed by atoms with Crippen LogP contribution < -0.4 is 0 Å². The lowest BCUT2D eigenvalue weighted by Gasteiger charge is -2.17. The van der Waals surface area contributed by atoms with Crippen LogP contribution in [0.3, 0.4) is 0 Å². The van der Waals surface area contributed by atoms with Crippen molar-refractivity contribution in [1.82, 2.24) is 0 Å². The van der Waals surface area contributed by atoms with Crippen molar-refractivity contribution in [2.75, 3.05) is 0 Å². The van der Waals surface area contributed by atoms with Crippen LogP contribution in [0.5, 0.6) is 0 Å². The van der Waals surface area contributed by atoms with E-state index < -0.39 is 36.5 Å². The van der Waals surface area contributed by atoms with E-state index in [9.17, 15) is 20.1 Å². The first-order valence-electron chi connectivity index (χ1n) is 9.68. The third-order valence-corrected chi connectivity index (χ3v) is 4.56. The van der Waals surface area contributed by atoms with Gasteiger partial charge >= 0.3 is 5.97 Å². The van der Waals surface area contributed by atoms with Crippen LogP contribution in [0.25, 0.3) is 0 Å². The highest BCUT2D eigenvalue weighted by molar-refractivity contribution is 5.66. The van der Waals surface area contributed by atoms with Crippen molar-refractivity contribution in [2.24, 2.45) is 0 Å². The molecule has 0 radical (unpaired) electrons. The Kier molecular flexibility index (Phi) is 11.4. The monoisotopic (exact) mass is 370 g/mol. The van der Waals surface area contributed by atoms with E-state index in [0.717, 1.165) is 12.8 Å². The van der Waals surface area contributed by atoms with E-state index in [0.29, 0.717) is 25.7 Å². The van der Waals surface area contributed by atoms with E-state index in [-0.39, 0.29) is 6.42 Å². The molecule has 4 N–H and O–H groups in total. The number of carboxylic acid groups (broad SMARTS) is 1. The van der Waals surface area contributed by atoms with E-state index in [4.69, 9.17) is 9.84 Å². The highest BCUT2D eigenvalue weighted by Crippen LogP contribution is 2.27. The van der Waals surface area contributed by atoms with Gasteiger partial charge in [0.2, 0.25) is 0 Å². The molecule has 0 aliphatic carbocycles. The third kappa shape index (κ3) is 9.48. The summed E-state index contributed by atoms with van der Waals surface area (Å²) in [5.41, 5.74) is 0. The van der Waals surface area contributed by atoms with E-state index in [1.807, 2.05) is 6.08 Å². The average molecular weight is 370 g/mol. The predicted octanol–water partition coefficient (Wildman–Crippen LogP) is 2.56. The quantitative estimate of drug-likeness (QED) is 0.293. The first-order chi connectivity index (χ1) is 12.4. The Hall–Kier alpha value is -1.21. The van der Waals surface area contributed by atoms with Gasteiger partial charge in [-0.15, -0.1) is 0 Å². The van der Waals surface area contributed by atoms with Gasteiger partial charge in [-0.2, -0.15) is 0 Å². The molecule has 0 spiro atoms. The molecule has 0 unspecified atom stereocenters. The van der Waals surface area contributed by atoms with Crippen LogP contribution in [-0.2, 0) is 9.53 Å². The molecular weight excluding hydrogens is 336 g/mol. The number of aliphatic hydroxyl groups is 3. The van der Waals surface area contributed by atoms with Gasteiger partial charge in [-0.25, -0.2) is 0 Å². The molecule has 1 aliphatic rings. The first kappa shape index (κ1) is 22.8. The number of rotatable bonds is 13. The van der Waals surface area contributed by atoms with Gasteiger partial charge in [0, 0.05) is 12.8 Å². The van der Waals surface area contributed by atoms with Gasteiger partial charge in [0.15, 0.2) is 0 Å². The van der Waals surface area contributed by atoms with Crippen molar-refractivity contribution in [2.45, 2.75) is 95.2 Å². The number of allylic oxidation sites excluding steroid dienone is 1. The topological polar surface area (TPSA) is 107 Å². The Morgan fingerprint density at radius 3 is 2.65 bits per heavy atom. The molecule has 1 saturated heterocycles. The summed E-state index contributed by atoms with van der Waals surface area (Å²) < 4.78 is 5.65. The Balaban J connectivity index is 2.29. The summed E-state index contributed by atoms with van der Waals surface area (Å²) in [6, 6.07) is 0. The SMILES string of the molecule is CCCCC/C=C\C[C@H](O)/C=C\[C@H](O)[C@H]1C[C@H](O)[C@H](CCCC(=O)O)O1. The minimum atomic E-state index is -0.905. The van der Waals surface area contributed by atoms with Gasteiger partial charge in [-0.3, -0.25) is 4.79 Å². The average Bonchev–Trinajstić information content (AvgIpc) is 2.96. The highest BCUT2D eigenvalue weighted by Gasteiger charge is 2.36. The number of carbonyl (C=O) groups is 1. The Morgan fingerprint density at radius 1 is 1.19 bits per heavy atom. The molecule has 0 aromatic rings. The maximum absolute atomic E-state index is 10.5. The zero-order valence-corrected chi connectivity index (χ0v) is 15.7. The smallest absolute Gasteiger partial charge is 0.303 e. The number of carboxylic acids is 1. The van der Waals surface area contributed by atoms with Gasteiger partial charge in [-0.05, 0) is 32.1 Å². The fourth-order valence-corrected chi connectivity index (χ4v) is 3.01. The molecule has 1 heterocycles. The Bertz CT molecular complexity index is 448. The second-order valence-electron chi connectivity index (χ2n) is 6.95. The zero-order chi connectivity index (χ0) is 19.4. The van der Waals surface area contributed by atoms with E-state index >= 15 is 0 Å². The number of aliphatic hydroxyl groups excluding tert-OH is 3. The van der Waals surface area contributed by atoms with Crippen molar-refractivity contribution in [3.8, 4) is 0 Å². The molecule has 6 nitrogen and oxygen atoms in total. The molecule has 1 aliphatic heterocycles. The van der Waals surface area contributed by atoms with Gasteiger partial charge in [0.1, 0.15) is 0 Å². The number of unbranched alkanes of at least 4 members (excludes halogenated alkanes) is 3. The summed E-state index contributed by atoms with van der Waals surface area (Å²) >= 11 is 0.